The molecule has 0 atom stereocenters. The van der Waals surface area contributed by atoms with E-state index in [4.69, 9.17) is 5.26 Å². The van der Waals surface area contributed by atoms with E-state index in [9.17, 15) is 4.79 Å². The van der Waals surface area contributed by atoms with E-state index in [1.165, 1.54) is 6.92 Å². The van der Waals surface area contributed by atoms with Gasteiger partial charge in [0.15, 0.2) is 17.7 Å². The molecule has 4 heteroatoms. The highest BCUT2D eigenvalue weighted by Crippen LogP contribution is 1.98. The Morgan fingerprint density at radius 2 is 2.29 bits per heavy atom. The molecule has 3 nitrogen and oxygen atoms in total. The molecule has 0 aliphatic heterocycles. The minimum absolute atomic E-state index is 0. The van der Waals surface area contributed by atoms with E-state index in [0.29, 0.717) is 12.1 Å². The average molecular weight is 255 g/mol. The predicted molar refractivity (Wildman–Crippen MR) is 46.8 cm³/mol. The number of rotatable bonds is 2. The van der Waals surface area contributed by atoms with E-state index in [0.717, 1.165) is 5.69 Å². The van der Waals surface area contributed by atoms with Crippen LogP contribution in [-0.4, -0.2) is 5.78 Å². The van der Waals surface area contributed by atoms with Gasteiger partial charge in [0, 0.05) is 19.9 Å². The van der Waals surface area contributed by atoms with Crippen LogP contribution in [0.25, 0.3) is 0 Å². The SMILES string of the molecule is CC(=O)C[n+]1cccc(C#N)c1C.[Br-]. The van der Waals surface area contributed by atoms with Crippen LogP contribution in [0.5, 0.6) is 0 Å². The van der Waals surface area contributed by atoms with Gasteiger partial charge in [-0.1, -0.05) is 0 Å². The van der Waals surface area contributed by atoms with Crippen LogP contribution >= 0.6 is 0 Å². The molecule has 0 unspecified atom stereocenters. The maximum Gasteiger partial charge on any atom is 0.206 e. The van der Waals surface area contributed by atoms with E-state index in [1.807, 2.05) is 6.92 Å². The summed E-state index contributed by atoms with van der Waals surface area (Å²) in [5.74, 6) is 0.0863. The first-order valence-corrected chi connectivity index (χ1v) is 4.03. The van der Waals surface area contributed by atoms with Crippen LogP contribution in [0.3, 0.4) is 0 Å². The summed E-state index contributed by atoms with van der Waals surface area (Å²) in [6, 6.07) is 5.59. The Morgan fingerprint density at radius 3 is 2.79 bits per heavy atom. The van der Waals surface area contributed by atoms with Gasteiger partial charge in [0.25, 0.3) is 0 Å². The summed E-state index contributed by atoms with van der Waals surface area (Å²) >= 11 is 0. The minimum Gasteiger partial charge on any atom is -1.00 e. The van der Waals surface area contributed by atoms with Crippen molar-refractivity contribution in [3.63, 3.8) is 0 Å². The second-order valence-corrected chi connectivity index (χ2v) is 2.95. The molecule has 0 aliphatic carbocycles. The van der Waals surface area contributed by atoms with Crippen LogP contribution in [0.2, 0.25) is 0 Å². The fourth-order valence-corrected chi connectivity index (χ4v) is 1.16. The largest absolute Gasteiger partial charge is 1.00 e. The average Bonchev–Trinajstić information content (AvgIpc) is 2.08. The van der Waals surface area contributed by atoms with Gasteiger partial charge in [-0.2, -0.15) is 9.83 Å². The zero-order chi connectivity index (χ0) is 9.84. The Morgan fingerprint density at radius 1 is 1.64 bits per heavy atom. The third-order valence-electron chi connectivity index (χ3n) is 1.86. The smallest absolute Gasteiger partial charge is 0.206 e. The molecule has 0 bridgehead atoms. The zero-order valence-corrected chi connectivity index (χ0v) is 9.71. The normalized spacial score (nSPS) is 8.64. The quantitative estimate of drug-likeness (QED) is 0.560. The molecule has 0 fully saturated rings. The number of halogens is 1. The lowest BCUT2D eigenvalue weighted by Crippen LogP contribution is -3.00. The van der Waals surface area contributed by atoms with E-state index >= 15 is 0 Å². The number of carbonyl (C=O) groups is 1. The summed E-state index contributed by atoms with van der Waals surface area (Å²) in [4.78, 5) is 10.9. The fourth-order valence-electron chi connectivity index (χ4n) is 1.16. The van der Waals surface area contributed by atoms with Crippen molar-refractivity contribution in [2.75, 3.05) is 0 Å². The van der Waals surface area contributed by atoms with E-state index < -0.39 is 0 Å². The molecule has 0 spiro atoms. The molecule has 1 heterocycles. The number of ketones is 1. The van der Waals surface area contributed by atoms with Crippen molar-refractivity contribution >= 4 is 5.78 Å². The highest BCUT2D eigenvalue weighted by atomic mass is 79.9. The Balaban J connectivity index is 0.00000169. The molecule has 74 valence electrons. The van der Waals surface area contributed by atoms with Gasteiger partial charge in [0.2, 0.25) is 6.54 Å². The molecule has 0 saturated heterocycles. The highest BCUT2D eigenvalue weighted by Gasteiger charge is 2.11. The minimum atomic E-state index is 0. The summed E-state index contributed by atoms with van der Waals surface area (Å²) in [5, 5.41) is 8.73. The molecule has 0 saturated carbocycles. The van der Waals surface area contributed by atoms with Gasteiger partial charge < -0.3 is 17.0 Å². The van der Waals surface area contributed by atoms with Crippen LogP contribution < -0.4 is 21.5 Å². The number of pyridine rings is 1. The predicted octanol–water partition coefficient (Wildman–Crippen LogP) is -2.25. The summed E-state index contributed by atoms with van der Waals surface area (Å²) in [7, 11) is 0. The van der Waals surface area contributed by atoms with Crippen molar-refractivity contribution in [1.29, 1.82) is 5.26 Å². The number of nitrogens with zero attached hydrogens (tertiary/aromatic N) is 2. The fraction of sp³-hybridized carbons (Fsp3) is 0.300. The van der Waals surface area contributed by atoms with Gasteiger partial charge in [-0.05, 0) is 6.07 Å². The first kappa shape index (κ1) is 12.8. The van der Waals surface area contributed by atoms with Gasteiger partial charge in [-0.25, -0.2) is 0 Å². The van der Waals surface area contributed by atoms with Crippen LogP contribution in [0.15, 0.2) is 18.3 Å². The molecule has 0 aliphatic rings. The van der Waals surface area contributed by atoms with Crippen molar-refractivity contribution < 1.29 is 26.3 Å². The summed E-state index contributed by atoms with van der Waals surface area (Å²) < 4.78 is 1.78. The molecule has 0 amide bonds. The molecule has 0 N–H and O–H groups in total. The van der Waals surface area contributed by atoms with E-state index in [1.54, 1.807) is 22.9 Å². The molecule has 0 radical (unpaired) electrons. The van der Waals surface area contributed by atoms with Gasteiger partial charge in [-0.15, -0.1) is 0 Å². The van der Waals surface area contributed by atoms with Crippen LogP contribution in [0.4, 0.5) is 0 Å². The molecule has 1 aromatic rings. The molecule has 1 rings (SSSR count). The maximum atomic E-state index is 10.9. The molecular weight excluding hydrogens is 244 g/mol. The van der Waals surface area contributed by atoms with Gasteiger partial charge >= 0.3 is 0 Å². The van der Waals surface area contributed by atoms with Gasteiger partial charge in [0.1, 0.15) is 11.6 Å². The molecule has 14 heavy (non-hydrogen) atoms. The lowest BCUT2D eigenvalue weighted by atomic mass is 10.2. The summed E-state index contributed by atoms with van der Waals surface area (Å²) in [6.45, 7) is 3.70. The van der Waals surface area contributed by atoms with Crippen LogP contribution in [0.1, 0.15) is 18.2 Å². The first-order chi connectivity index (χ1) is 6.15. The number of Topliss-reactive ketones (excluding diaryl/α,β-unsaturated/α-hetero) is 1. The molecule has 1 aromatic heterocycles. The standard InChI is InChI=1S/C10H11N2O.BrH/c1-8(13)7-12-5-3-4-10(6-11)9(12)2;/h3-5H,7H2,1-2H3;1H/q+1;/p-1. The Labute approximate surface area is 93.8 Å². The van der Waals surface area contributed by atoms with Crippen LogP contribution in [-0.2, 0) is 11.3 Å². The Kier molecular flexibility index (Phi) is 5.03. The van der Waals surface area contributed by atoms with Gasteiger partial charge in [-0.3, -0.25) is 4.79 Å². The Hall–Kier alpha value is -1.21. The highest BCUT2D eigenvalue weighted by molar-refractivity contribution is 5.73. The number of hydrogen-bond acceptors (Lipinski definition) is 2. The summed E-state index contributed by atoms with van der Waals surface area (Å²) in [5.41, 5.74) is 1.45. The summed E-state index contributed by atoms with van der Waals surface area (Å²) in [6.07, 6.45) is 1.80. The number of aromatic nitrogens is 1. The van der Waals surface area contributed by atoms with Crippen molar-refractivity contribution in [2.24, 2.45) is 0 Å². The second kappa shape index (κ2) is 5.51. The van der Waals surface area contributed by atoms with E-state index in [-0.39, 0.29) is 22.8 Å². The number of carbonyl (C=O) groups excluding carboxylic acids is 1. The third-order valence-corrected chi connectivity index (χ3v) is 1.86. The topological polar surface area (TPSA) is 44.7 Å². The monoisotopic (exact) mass is 254 g/mol. The number of hydrogen-bond donors (Lipinski definition) is 0. The van der Waals surface area contributed by atoms with Crippen molar-refractivity contribution in [2.45, 2.75) is 20.4 Å². The first-order valence-electron chi connectivity index (χ1n) is 4.03. The third kappa shape index (κ3) is 2.93. The van der Waals surface area contributed by atoms with Crippen molar-refractivity contribution in [3.05, 3.63) is 29.6 Å². The zero-order valence-electron chi connectivity index (χ0n) is 8.12. The van der Waals surface area contributed by atoms with Gasteiger partial charge in [0.05, 0.1) is 0 Å². The molecule has 0 aromatic carbocycles. The Bertz CT molecular complexity index is 382. The van der Waals surface area contributed by atoms with E-state index in [2.05, 4.69) is 6.07 Å². The van der Waals surface area contributed by atoms with Crippen LogP contribution in [0, 0.1) is 18.3 Å². The number of nitriles is 1. The van der Waals surface area contributed by atoms with Crippen molar-refractivity contribution in [1.82, 2.24) is 0 Å². The lowest BCUT2D eigenvalue weighted by molar-refractivity contribution is -0.690. The molecular formula is C10H11BrN2O. The van der Waals surface area contributed by atoms with Crippen molar-refractivity contribution in [3.8, 4) is 6.07 Å². The second-order valence-electron chi connectivity index (χ2n) is 2.95. The maximum absolute atomic E-state index is 10.9. The lowest BCUT2D eigenvalue weighted by Gasteiger charge is -1.98.